The molecule has 0 unspecified atom stereocenters. The van der Waals surface area contributed by atoms with Crippen molar-refractivity contribution in [2.45, 2.75) is 61.0 Å². The quantitative estimate of drug-likeness (QED) is 0.312. The smallest absolute Gasteiger partial charge is 0.460 e. The maximum absolute atomic E-state index is 14.4. The van der Waals surface area contributed by atoms with Crippen molar-refractivity contribution in [2.24, 2.45) is 0 Å². The van der Waals surface area contributed by atoms with E-state index in [0.717, 1.165) is 0 Å². The molecule has 1 aliphatic rings. The predicted octanol–water partition coefficient (Wildman–Crippen LogP) is 7.27. The summed E-state index contributed by atoms with van der Waals surface area (Å²) in [6.45, 7) is 3.45. The van der Waals surface area contributed by atoms with Crippen molar-refractivity contribution < 1.29 is 56.3 Å². The van der Waals surface area contributed by atoms with Crippen LogP contribution in [0.15, 0.2) is 41.3 Å². The zero-order valence-electron chi connectivity index (χ0n) is 18.7. The zero-order chi connectivity index (χ0) is 27.4. The Morgan fingerprint density at radius 2 is 1.33 bits per heavy atom. The maximum Gasteiger partial charge on any atom is 0.460 e. The Kier molecular flexibility index (Phi) is 7.30. The van der Waals surface area contributed by atoms with Gasteiger partial charge < -0.3 is 4.74 Å². The number of ether oxygens (including phenoxy) is 1. The van der Waals surface area contributed by atoms with Crippen molar-refractivity contribution in [2.75, 3.05) is 11.5 Å². The van der Waals surface area contributed by atoms with Crippen molar-refractivity contribution in [1.29, 1.82) is 0 Å². The van der Waals surface area contributed by atoms with E-state index in [9.17, 15) is 47.9 Å². The molecule has 1 aliphatic heterocycles. The van der Waals surface area contributed by atoms with E-state index >= 15 is 0 Å². The average molecular weight is 573 g/mol. The minimum Gasteiger partial charge on any atom is -0.490 e. The van der Waals surface area contributed by atoms with Gasteiger partial charge in [-0.25, -0.2) is 3.63 Å². The van der Waals surface area contributed by atoms with Gasteiger partial charge in [-0.05, 0) is 44.2 Å². The SMILES string of the molecule is CC(C)Oc1ccc(S2(OS(=O)(=O)C(F)(F)C(F)(F)C(F)(F)C(F)(F)F)CCCC2)c2ccccc12. The topological polar surface area (TPSA) is 52.6 Å². The van der Waals surface area contributed by atoms with Gasteiger partial charge in [0, 0.05) is 21.8 Å². The number of halogens is 9. The second-order valence-electron chi connectivity index (χ2n) is 8.39. The van der Waals surface area contributed by atoms with Crippen LogP contribution in [0.2, 0.25) is 0 Å². The predicted molar refractivity (Wildman–Crippen MR) is 115 cm³/mol. The fourth-order valence-corrected chi connectivity index (χ4v) is 9.63. The van der Waals surface area contributed by atoms with E-state index in [4.69, 9.17) is 4.74 Å². The van der Waals surface area contributed by atoms with Crippen molar-refractivity contribution in [1.82, 2.24) is 0 Å². The number of fused-ring (bicyclic) bond motifs is 1. The summed E-state index contributed by atoms with van der Waals surface area (Å²) in [7, 11) is -10.4. The monoisotopic (exact) mass is 572 g/mol. The maximum atomic E-state index is 14.4. The van der Waals surface area contributed by atoms with Gasteiger partial charge in [0.1, 0.15) is 5.75 Å². The summed E-state index contributed by atoms with van der Waals surface area (Å²) in [5, 5.41) is -6.22. The summed E-state index contributed by atoms with van der Waals surface area (Å²) in [6.07, 6.45) is -7.02. The van der Waals surface area contributed by atoms with Gasteiger partial charge in [0.2, 0.25) is 0 Å². The van der Waals surface area contributed by atoms with E-state index < -0.39 is 43.7 Å². The number of benzene rings is 2. The third-order valence-corrected chi connectivity index (χ3v) is 11.2. The number of rotatable bonds is 8. The second-order valence-corrected chi connectivity index (χ2v) is 13.2. The van der Waals surface area contributed by atoms with Crippen LogP contribution in [0.3, 0.4) is 0 Å². The van der Waals surface area contributed by atoms with E-state index in [1.54, 1.807) is 26.0 Å². The van der Waals surface area contributed by atoms with Crippen LogP contribution in [-0.4, -0.2) is 49.3 Å². The third-order valence-electron chi connectivity index (χ3n) is 5.46. The first-order chi connectivity index (χ1) is 16.3. The fourth-order valence-electron chi connectivity index (χ4n) is 3.75. The molecular weight excluding hydrogens is 551 g/mol. The summed E-state index contributed by atoms with van der Waals surface area (Å²) in [5.74, 6) is -14.8. The highest BCUT2D eigenvalue weighted by Gasteiger charge is 2.86. The van der Waals surface area contributed by atoms with E-state index in [1.807, 2.05) is 0 Å². The molecule has 0 radical (unpaired) electrons. The first-order valence-electron chi connectivity index (χ1n) is 10.4. The van der Waals surface area contributed by atoms with Crippen molar-refractivity contribution >= 4 is 31.2 Å². The Hall–Kier alpha value is -1.87. The normalized spacial score (nSPS) is 18.6. The fraction of sp³-hybridized carbons (Fsp3) is 0.524. The summed E-state index contributed by atoms with van der Waals surface area (Å²) in [5.41, 5.74) is 0. The third kappa shape index (κ3) is 4.51. The number of alkyl halides is 9. The van der Waals surface area contributed by atoms with Gasteiger partial charge in [-0.2, -0.15) is 47.9 Å². The highest BCUT2D eigenvalue weighted by atomic mass is 32.3. The molecule has 0 aromatic heterocycles. The Morgan fingerprint density at radius 3 is 1.83 bits per heavy atom. The summed E-state index contributed by atoms with van der Waals surface area (Å²) >= 11 is 0. The van der Waals surface area contributed by atoms with Crippen LogP contribution >= 0.6 is 10.3 Å². The standard InChI is InChI=1S/C21H21F9O4S2/c1-13(2)33-16-9-10-17(15-8-4-3-7-14(15)16)35(11-5-6-12-35)34-36(31,32)21(29,30)19(24,25)18(22,23)20(26,27)28/h3-4,7-10,13H,5-6,11-12H2,1-2H3. The molecule has 0 bridgehead atoms. The molecule has 204 valence electrons. The lowest BCUT2D eigenvalue weighted by Gasteiger charge is -2.38. The minimum atomic E-state index is -7.36. The van der Waals surface area contributed by atoms with Gasteiger partial charge in [-0.3, -0.25) is 0 Å². The molecule has 1 fully saturated rings. The Balaban J connectivity index is 2.14. The first-order valence-corrected chi connectivity index (χ1v) is 13.7. The molecule has 3 rings (SSSR count). The molecule has 0 aliphatic carbocycles. The van der Waals surface area contributed by atoms with E-state index in [0.29, 0.717) is 11.1 Å². The molecule has 2 aromatic rings. The van der Waals surface area contributed by atoms with Crippen molar-refractivity contribution in [3.63, 3.8) is 0 Å². The summed E-state index contributed by atoms with van der Waals surface area (Å²) in [6, 6.07) is 8.86. The van der Waals surface area contributed by atoms with Crippen LogP contribution in [0, 0.1) is 0 Å². The van der Waals surface area contributed by atoms with Crippen LogP contribution < -0.4 is 4.74 Å². The highest BCUT2D eigenvalue weighted by molar-refractivity contribution is 8.33. The first kappa shape index (κ1) is 28.7. The van der Waals surface area contributed by atoms with Gasteiger partial charge in [0.05, 0.1) is 6.10 Å². The van der Waals surface area contributed by atoms with Crippen LogP contribution in [0.25, 0.3) is 10.8 Å². The molecule has 0 atom stereocenters. The molecule has 4 nitrogen and oxygen atoms in total. The molecular formula is C21H21F9O4S2. The van der Waals surface area contributed by atoms with E-state index in [1.165, 1.54) is 24.3 Å². The molecule has 1 saturated heterocycles. The minimum absolute atomic E-state index is 0.0389. The average Bonchev–Trinajstić information content (AvgIpc) is 3.21. The Labute approximate surface area is 202 Å². The lowest BCUT2D eigenvalue weighted by molar-refractivity contribution is -0.382. The summed E-state index contributed by atoms with van der Waals surface area (Å²) < 4.78 is 156. The van der Waals surface area contributed by atoms with E-state index in [-0.39, 0.29) is 40.7 Å². The Morgan fingerprint density at radius 1 is 0.806 bits per heavy atom. The Bertz CT molecular complexity index is 1220. The molecule has 2 aromatic carbocycles. The molecule has 0 N–H and O–H groups in total. The van der Waals surface area contributed by atoms with Crippen molar-refractivity contribution in [3.05, 3.63) is 36.4 Å². The molecule has 1 heterocycles. The van der Waals surface area contributed by atoms with Gasteiger partial charge in [0.15, 0.2) is 0 Å². The number of hydrogen-bond acceptors (Lipinski definition) is 4. The van der Waals surface area contributed by atoms with Gasteiger partial charge >= 0.3 is 33.4 Å². The van der Waals surface area contributed by atoms with Crippen LogP contribution in [-0.2, 0) is 13.7 Å². The van der Waals surface area contributed by atoms with Gasteiger partial charge in [-0.1, -0.05) is 34.6 Å². The van der Waals surface area contributed by atoms with Gasteiger partial charge in [0.25, 0.3) is 0 Å². The van der Waals surface area contributed by atoms with Crippen molar-refractivity contribution in [3.8, 4) is 5.75 Å². The number of hydrogen-bond donors (Lipinski definition) is 0. The largest absolute Gasteiger partial charge is 0.490 e. The lowest BCUT2D eigenvalue weighted by atomic mass is 10.1. The van der Waals surface area contributed by atoms with Crippen LogP contribution in [0.5, 0.6) is 5.75 Å². The summed E-state index contributed by atoms with van der Waals surface area (Å²) in [4.78, 5) is 0.0389. The molecule has 15 heteroatoms. The van der Waals surface area contributed by atoms with Crippen LogP contribution in [0.1, 0.15) is 26.7 Å². The zero-order valence-corrected chi connectivity index (χ0v) is 20.4. The molecule has 36 heavy (non-hydrogen) atoms. The van der Waals surface area contributed by atoms with Crippen LogP contribution in [0.4, 0.5) is 39.5 Å². The van der Waals surface area contributed by atoms with Gasteiger partial charge in [-0.15, -0.1) is 0 Å². The lowest BCUT2D eigenvalue weighted by Crippen LogP contribution is -2.63. The highest BCUT2D eigenvalue weighted by Crippen LogP contribution is 2.66. The molecule has 0 spiro atoms. The van der Waals surface area contributed by atoms with E-state index in [2.05, 4.69) is 3.63 Å². The molecule has 0 amide bonds. The second kappa shape index (κ2) is 9.15. The molecule has 0 saturated carbocycles.